The molecular formula is C6H36N6O24P6. The third-order valence-corrected chi connectivity index (χ3v) is 2.17. The number of nitrogens with two attached hydrogens (primary N) is 6. The SMILES string of the molecule is NP(=O)(O)O.NP(=O)(O)O.NP(=O)(O)O.NP(=O)(O)O.NP(=O)(O)O.NP(=O)(O)O.OC1(O)CCCC(O)(O)C1(O)O. The highest BCUT2D eigenvalue weighted by molar-refractivity contribution is 7.50. The summed E-state index contributed by atoms with van der Waals surface area (Å²) in [5.41, 5.74) is 24.1. The molecule has 0 aliphatic heterocycles. The second-order valence-corrected chi connectivity index (χ2v) is 13.8. The fraction of sp³-hybridized carbons (Fsp3) is 1.00. The molecule has 1 saturated carbocycles. The summed E-state index contributed by atoms with van der Waals surface area (Å²) in [5, 5.41) is 53.9. The van der Waals surface area contributed by atoms with Crippen molar-refractivity contribution in [3.05, 3.63) is 0 Å². The molecule has 30 nitrogen and oxygen atoms in total. The highest BCUT2D eigenvalue weighted by Crippen LogP contribution is 2.39. The maximum absolute atomic E-state index is 9.10. The molecule has 42 heavy (non-hydrogen) atoms. The van der Waals surface area contributed by atoms with Gasteiger partial charge in [-0.2, -0.15) is 0 Å². The van der Waals surface area contributed by atoms with Gasteiger partial charge < -0.3 is 89.4 Å². The predicted molar refractivity (Wildman–Crippen MR) is 133 cm³/mol. The molecule has 264 valence electrons. The summed E-state index contributed by atoms with van der Waals surface area (Å²) in [7, 11) is -24.8. The van der Waals surface area contributed by atoms with E-state index in [1.54, 1.807) is 0 Å². The third kappa shape index (κ3) is 90.0. The summed E-state index contributed by atoms with van der Waals surface area (Å²) < 4.78 is 54.6. The van der Waals surface area contributed by atoms with Crippen LogP contribution >= 0.6 is 46.5 Å². The molecule has 0 aromatic carbocycles. The van der Waals surface area contributed by atoms with Crippen LogP contribution in [0.1, 0.15) is 19.3 Å². The highest BCUT2D eigenvalue weighted by Gasteiger charge is 2.63. The van der Waals surface area contributed by atoms with E-state index in [1.165, 1.54) is 0 Å². The van der Waals surface area contributed by atoms with Crippen LogP contribution in [-0.2, 0) is 27.4 Å². The maximum atomic E-state index is 9.10. The van der Waals surface area contributed by atoms with Crippen LogP contribution in [0.3, 0.4) is 0 Å². The predicted octanol–water partition coefficient (Wildman–Crippen LogP) is -8.56. The Balaban J connectivity index is -0.0000000944. The summed E-state index contributed by atoms with van der Waals surface area (Å²) in [6, 6.07) is 0. The third-order valence-electron chi connectivity index (χ3n) is 2.17. The fourth-order valence-corrected chi connectivity index (χ4v) is 1.25. The van der Waals surface area contributed by atoms with Crippen molar-refractivity contribution in [2.75, 3.05) is 0 Å². The number of aliphatic hydroxyl groups is 6. The van der Waals surface area contributed by atoms with Crippen molar-refractivity contribution in [1.29, 1.82) is 0 Å². The van der Waals surface area contributed by atoms with E-state index in [0.29, 0.717) is 0 Å². The first-order valence-corrected chi connectivity index (χ1v) is 18.7. The van der Waals surface area contributed by atoms with Gasteiger partial charge in [0.25, 0.3) is 5.79 Å². The van der Waals surface area contributed by atoms with Crippen molar-refractivity contribution in [2.24, 2.45) is 33.0 Å². The molecule has 0 saturated heterocycles. The Bertz CT molecular complexity index is 790. The molecule has 0 unspecified atom stereocenters. The van der Waals surface area contributed by atoms with Gasteiger partial charge in [0.1, 0.15) is 0 Å². The zero-order valence-corrected chi connectivity index (χ0v) is 25.6. The zero-order chi connectivity index (χ0) is 36.6. The van der Waals surface area contributed by atoms with Crippen LogP contribution < -0.4 is 33.0 Å². The lowest BCUT2D eigenvalue weighted by Gasteiger charge is -2.46. The molecule has 0 aromatic rings. The highest BCUT2D eigenvalue weighted by atomic mass is 31.2. The lowest BCUT2D eigenvalue weighted by atomic mass is 9.83. The van der Waals surface area contributed by atoms with E-state index in [4.69, 9.17) is 117 Å². The minimum atomic E-state index is -4.14. The van der Waals surface area contributed by atoms with Gasteiger partial charge in [-0.05, 0) is 6.42 Å². The molecule has 0 heterocycles. The van der Waals surface area contributed by atoms with Crippen molar-refractivity contribution in [2.45, 2.75) is 36.6 Å². The average molecular weight is 762 g/mol. The zero-order valence-electron chi connectivity index (χ0n) is 20.3. The molecule has 1 aliphatic rings. The van der Waals surface area contributed by atoms with Crippen molar-refractivity contribution in [3.63, 3.8) is 0 Å². The van der Waals surface area contributed by atoms with Crippen LogP contribution in [0, 0.1) is 0 Å². The van der Waals surface area contributed by atoms with Crippen LogP contribution in [-0.4, -0.2) is 107 Å². The lowest BCUT2D eigenvalue weighted by Crippen LogP contribution is -2.70. The smallest absolute Gasteiger partial charge is 0.361 e. The minimum absolute atomic E-state index is 0.0862. The molecule has 36 heteroatoms. The Kier molecular flexibility index (Phi) is 26.8. The van der Waals surface area contributed by atoms with E-state index in [1.807, 2.05) is 0 Å². The summed E-state index contributed by atoms with van der Waals surface area (Å²) in [4.78, 5) is 88.9. The Morgan fingerprint density at radius 2 is 0.452 bits per heavy atom. The monoisotopic (exact) mass is 762 g/mol. The van der Waals surface area contributed by atoms with Crippen LogP contribution in [0.15, 0.2) is 0 Å². The standard InChI is InChI=1S/C6H12O6.6H4NO3P/c7-4(8)2-1-3-5(9,10)6(4,11)12;6*1-5(2,3)4/h7-12H,1-3H2;6*(H4,1,2,3,4). The van der Waals surface area contributed by atoms with Gasteiger partial charge in [-0.25, -0.2) is 60.4 Å². The van der Waals surface area contributed by atoms with E-state index < -0.39 is 63.8 Å². The maximum Gasteiger partial charge on any atom is 0.397 e. The summed E-state index contributed by atoms with van der Waals surface area (Å²) in [5.74, 6) is -9.07. The van der Waals surface area contributed by atoms with E-state index in [2.05, 4.69) is 33.0 Å². The van der Waals surface area contributed by atoms with Crippen LogP contribution in [0.25, 0.3) is 0 Å². The lowest BCUT2D eigenvalue weighted by molar-refractivity contribution is -0.466. The Hall–Kier alpha value is 0.420. The average Bonchev–Trinajstić information content (AvgIpc) is 2.42. The van der Waals surface area contributed by atoms with Crippen molar-refractivity contribution in [3.8, 4) is 0 Å². The summed E-state index contributed by atoms with van der Waals surface area (Å²) in [6.07, 6.45) is -0.547. The van der Waals surface area contributed by atoms with Crippen LogP contribution in [0.4, 0.5) is 0 Å². The normalized spacial score (nSPS) is 17.4. The first-order chi connectivity index (χ1) is 17.2. The van der Waals surface area contributed by atoms with Crippen LogP contribution in [0.5, 0.6) is 0 Å². The van der Waals surface area contributed by atoms with E-state index >= 15 is 0 Å². The molecule has 30 N–H and O–H groups in total. The van der Waals surface area contributed by atoms with E-state index in [9.17, 15) is 0 Å². The van der Waals surface area contributed by atoms with Gasteiger partial charge in [-0.15, -0.1) is 0 Å². The Labute approximate surface area is 233 Å². The van der Waals surface area contributed by atoms with Crippen molar-refractivity contribution in [1.82, 2.24) is 0 Å². The second-order valence-electron chi connectivity index (χ2n) is 6.69. The largest absolute Gasteiger partial charge is 0.397 e. The number of hydrogen-bond donors (Lipinski definition) is 24. The van der Waals surface area contributed by atoms with Gasteiger partial charge in [0.15, 0.2) is 0 Å². The van der Waals surface area contributed by atoms with E-state index in [-0.39, 0.29) is 19.3 Å². The summed E-state index contributed by atoms with van der Waals surface area (Å²) >= 11 is 0. The van der Waals surface area contributed by atoms with Gasteiger partial charge in [-0.3, -0.25) is 0 Å². The second kappa shape index (κ2) is 20.5. The molecule has 0 radical (unpaired) electrons. The molecular weight excluding hydrogens is 726 g/mol. The van der Waals surface area contributed by atoms with Gasteiger partial charge in [0, 0.05) is 12.8 Å². The van der Waals surface area contributed by atoms with Crippen molar-refractivity contribution < 1.29 is 117 Å². The molecule has 0 atom stereocenters. The van der Waals surface area contributed by atoms with Crippen LogP contribution in [0.2, 0.25) is 0 Å². The molecule has 0 amide bonds. The van der Waals surface area contributed by atoms with Gasteiger partial charge in [-0.1, -0.05) is 0 Å². The minimum Gasteiger partial charge on any atom is -0.361 e. The summed E-state index contributed by atoms with van der Waals surface area (Å²) in [6.45, 7) is 0. The van der Waals surface area contributed by atoms with Crippen molar-refractivity contribution >= 4 is 46.5 Å². The topological polar surface area (TPSA) is 623 Å². The molecule has 1 fully saturated rings. The number of hydrogen-bond acceptors (Lipinski definition) is 12. The Morgan fingerprint density at radius 1 is 0.357 bits per heavy atom. The van der Waals surface area contributed by atoms with Gasteiger partial charge >= 0.3 is 46.5 Å². The molecule has 1 aliphatic carbocycles. The van der Waals surface area contributed by atoms with Gasteiger partial charge in [0.2, 0.25) is 11.6 Å². The fourth-order valence-electron chi connectivity index (χ4n) is 1.25. The number of rotatable bonds is 0. The Morgan fingerprint density at radius 3 is 0.524 bits per heavy atom. The molecule has 1 rings (SSSR count). The molecule has 0 bridgehead atoms. The quantitative estimate of drug-likeness (QED) is 0.0804. The molecule has 0 spiro atoms. The first kappa shape index (κ1) is 54.9. The van der Waals surface area contributed by atoms with Gasteiger partial charge in [0.05, 0.1) is 0 Å². The first-order valence-electron chi connectivity index (χ1n) is 8.59. The molecule has 0 aromatic heterocycles. The van der Waals surface area contributed by atoms with E-state index in [0.717, 1.165) is 0 Å².